The van der Waals surface area contributed by atoms with E-state index in [9.17, 15) is 0 Å². The third kappa shape index (κ3) is 1.28. The number of nitrogens with one attached hydrogen (secondary N) is 1. The monoisotopic (exact) mass is 165 g/mol. The van der Waals surface area contributed by atoms with Crippen LogP contribution in [0.4, 0.5) is 0 Å². The van der Waals surface area contributed by atoms with E-state index in [1.165, 1.54) is 38.6 Å². The van der Waals surface area contributed by atoms with E-state index in [0.29, 0.717) is 0 Å². The minimum Gasteiger partial charge on any atom is -0.313 e. The van der Waals surface area contributed by atoms with Crippen LogP contribution in [0.3, 0.4) is 0 Å². The summed E-state index contributed by atoms with van der Waals surface area (Å²) in [5.41, 5.74) is 0. The minimum atomic E-state index is 0.921. The Morgan fingerprint density at radius 3 is 2.50 bits per heavy atom. The normalized spacial score (nSPS) is 45.5. The SMILES string of the molecule is C1CC1CN[C@@H]1C[C@H]2CC[C@@H]1C2. The summed E-state index contributed by atoms with van der Waals surface area (Å²) in [6.45, 7) is 1.33. The van der Waals surface area contributed by atoms with Gasteiger partial charge in [0.2, 0.25) is 0 Å². The number of hydrogen-bond donors (Lipinski definition) is 1. The Hall–Kier alpha value is -0.0400. The molecule has 0 heterocycles. The predicted molar refractivity (Wildman–Crippen MR) is 50.0 cm³/mol. The molecule has 0 amide bonds. The summed E-state index contributed by atoms with van der Waals surface area (Å²) >= 11 is 0. The first-order valence-electron chi connectivity index (χ1n) is 5.65. The van der Waals surface area contributed by atoms with Crippen molar-refractivity contribution in [3.05, 3.63) is 0 Å². The Balaban J connectivity index is 1.50. The van der Waals surface area contributed by atoms with Gasteiger partial charge in [0.05, 0.1) is 0 Å². The Labute approximate surface area is 74.9 Å². The first-order valence-corrected chi connectivity index (χ1v) is 5.65. The van der Waals surface area contributed by atoms with Gasteiger partial charge in [-0.2, -0.15) is 0 Å². The summed E-state index contributed by atoms with van der Waals surface area (Å²) < 4.78 is 0. The lowest BCUT2D eigenvalue weighted by Gasteiger charge is -2.22. The second kappa shape index (κ2) is 2.73. The second-order valence-corrected chi connectivity index (χ2v) is 5.13. The van der Waals surface area contributed by atoms with E-state index in [2.05, 4.69) is 5.32 Å². The summed E-state index contributed by atoms with van der Waals surface area (Å²) in [6, 6.07) is 0.921. The van der Waals surface area contributed by atoms with Gasteiger partial charge in [-0.3, -0.25) is 0 Å². The molecule has 0 radical (unpaired) electrons. The highest BCUT2D eigenvalue weighted by Gasteiger charge is 2.39. The van der Waals surface area contributed by atoms with Crippen molar-refractivity contribution >= 4 is 0 Å². The highest BCUT2D eigenvalue weighted by Crippen LogP contribution is 2.44. The fourth-order valence-electron chi connectivity index (χ4n) is 3.13. The molecule has 3 rings (SSSR count). The molecule has 0 aromatic heterocycles. The van der Waals surface area contributed by atoms with Crippen LogP contribution in [0.2, 0.25) is 0 Å². The average Bonchev–Trinajstić information content (AvgIpc) is 2.69. The maximum atomic E-state index is 3.77. The molecule has 0 spiro atoms. The van der Waals surface area contributed by atoms with Gasteiger partial charge in [0.15, 0.2) is 0 Å². The minimum absolute atomic E-state index is 0.921. The standard InChI is InChI=1S/C11H19N/c1-2-8(1)7-12-11-6-9-3-4-10(11)5-9/h8-12H,1-7H2/t9-,10+,11+/m0/s1. The third-order valence-electron chi connectivity index (χ3n) is 4.10. The molecule has 0 unspecified atom stereocenters. The van der Waals surface area contributed by atoms with E-state index in [1.54, 1.807) is 6.42 Å². The van der Waals surface area contributed by atoms with Crippen molar-refractivity contribution in [2.45, 2.75) is 44.6 Å². The van der Waals surface area contributed by atoms with Crippen molar-refractivity contribution in [3.63, 3.8) is 0 Å². The lowest BCUT2D eigenvalue weighted by molar-refractivity contribution is 0.348. The summed E-state index contributed by atoms with van der Waals surface area (Å²) in [6.07, 6.45) is 9.08. The van der Waals surface area contributed by atoms with Gasteiger partial charge >= 0.3 is 0 Å². The molecule has 1 nitrogen and oxygen atoms in total. The lowest BCUT2D eigenvalue weighted by Crippen LogP contribution is -2.35. The van der Waals surface area contributed by atoms with Gasteiger partial charge in [0, 0.05) is 6.04 Å². The smallest absolute Gasteiger partial charge is 0.00981 e. The van der Waals surface area contributed by atoms with Crippen LogP contribution in [0.25, 0.3) is 0 Å². The van der Waals surface area contributed by atoms with Gasteiger partial charge in [0.1, 0.15) is 0 Å². The van der Waals surface area contributed by atoms with E-state index in [-0.39, 0.29) is 0 Å². The first kappa shape index (κ1) is 7.37. The van der Waals surface area contributed by atoms with Crippen molar-refractivity contribution in [2.24, 2.45) is 17.8 Å². The third-order valence-corrected chi connectivity index (χ3v) is 4.10. The quantitative estimate of drug-likeness (QED) is 0.676. The topological polar surface area (TPSA) is 12.0 Å². The zero-order valence-corrected chi connectivity index (χ0v) is 7.76. The first-order chi connectivity index (χ1) is 5.92. The van der Waals surface area contributed by atoms with Crippen molar-refractivity contribution in [3.8, 4) is 0 Å². The van der Waals surface area contributed by atoms with E-state index in [1.807, 2.05) is 0 Å². The molecule has 0 saturated heterocycles. The highest BCUT2D eigenvalue weighted by molar-refractivity contribution is 4.94. The van der Waals surface area contributed by atoms with Gasteiger partial charge in [-0.05, 0) is 56.4 Å². The summed E-state index contributed by atoms with van der Waals surface area (Å²) in [5.74, 6) is 3.23. The molecule has 0 aliphatic heterocycles. The van der Waals surface area contributed by atoms with Crippen LogP contribution in [0, 0.1) is 17.8 Å². The number of fused-ring (bicyclic) bond motifs is 2. The van der Waals surface area contributed by atoms with Gasteiger partial charge < -0.3 is 5.32 Å². The molecule has 3 aliphatic rings. The van der Waals surface area contributed by atoms with Gasteiger partial charge in [-0.15, -0.1) is 0 Å². The maximum absolute atomic E-state index is 3.77. The Bertz CT molecular complexity index is 174. The van der Waals surface area contributed by atoms with Gasteiger partial charge in [-0.25, -0.2) is 0 Å². The van der Waals surface area contributed by atoms with E-state index < -0.39 is 0 Å². The fraction of sp³-hybridized carbons (Fsp3) is 1.00. The maximum Gasteiger partial charge on any atom is 0.00981 e. The summed E-state index contributed by atoms with van der Waals surface area (Å²) in [4.78, 5) is 0. The van der Waals surface area contributed by atoms with Crippen molar-refractivity contribution < 1.29 is 0 Å². The zero-order chi connectivity index (χ0) is 7.97. The zero-order valence-electron chi connectivity index (χ0n) is 7.76. The van der Waals surface area contributed by atoms with Crippen molar-refractivity contribution in [1.82, 2.24) is 5.32 Å². The van der Waals surface area contributed by atoms with Gasteiger partial charge in [-0.1, -0.05) is 6.42 Å². The molecule has 3 atom stereocenters. The van der Waals surface area contributed by atoms with Gasteiger partial charge in [0.25, 0.3) is 0 Å². The Kier molecular flexibility index (Phi) is 1.68. The summed E-state index contributed by atoms with van der Waals surface area (Å²) in [7, 11) is 0. The molecule has 1 N–H and O–H groups in total. The van der Waals surface area contributed by atoms with Crippen LogP contribution >= 0.6 is 0 Å². The molecule has 0 aromatic rings. The largest absolute Gasteiger partial charge is 0.313 e. The molecule has 3 aliphatic carbocycles. The molecule has 0 aromatic carbocycles. The second-order valence-electron chi connectivity index (χ2n) is 5.13. The predicted octanol–water partition coefficient (Wildman–Crippen LogP) is 2.17. The van der Waals surface area contributed by atoms with Crippen LogP contribution in [0.5, 0.6) is 0 Å². The highest BCUT2D eigenvalue weighted by atomic mass is 14.9. The average molecular weight is 165 g/mol. The van der Waals surface area contributed by atoms with E-state index in [4.69, 9.17) is 0 Å². The fourth-order valence-corrected chi connectivity index (χ4v) is 3.13. The van der Waals surface area contributed by atoms with E-state index >= 15 is 0 Å². The van der Waals surface area contributed by atoms with Crippen LogP contribution in [-0.4, -0.2) is 12.6 Å². The molecule has 68 valence electrons. The molecular formula is C11H19N. The van der Waals surface area contributed by atoms with Crippen LogP contribution < -0.4 is 5.32 Å². The number of hydrogen-bond acceptors (Lipinski definition) is 1. The molecule has 3 fully saturated rings. The molecule has 3 saturated carbocycles. The Morgan fingerprint density at radius 2 is 1.92 bits per heavy atom. The van der Waals surface area contributed by atoms with Crippen LogP contribution in [0.15, 0.2) is 0 Å². The number of rotatable bonds is 3. The molecule has 2 bridgehead atoms. The molecule has 1 heteroatoms. The van der Waals surface area contributed by atoms with E-state index in [0.717, 1.165) is 23.8 Å². The molecular weight excluding hydrogens is 146 g/mol. The van der Waals surface area contributed by atoms with Crippen molar-refractivity contribution in [1.29, 1.82) is 0 Å². The van der Waals surface area contributed by atoms with Crippen molar-refractivity contribution in [2.75, 3.05) is 6.54 Å². The Morgan fingerprint density at radius 1 is 1.00 bits per heavy atom. The van der Waals surface area contributed by atoms with Crippen LogP contribution in [-0.2, 0) is 0 Å². The summed E-state index contributed by atoms with van der Waals surface area (Å²) in [5, 5.41) is 3.77. The van der Waals surface area contributed by atoms with Crippen LogP contribution in [0.1, 0.15) is 38.5 Å². The lowest BCUT2D eigenvalue weighted by atomic mass is 9.95. The molecule has 12 heavy (non-hydrogen) atoms.